The normalized spacial score (nSPS) is 12.9. The molecule has 0 atom stereocenters. The molecule has 2 rings (SSSR count). The summed E-state index contributed by atoms with van der Waals surface area (Å²) in [6, 6.07) is 6.00. The molecule has 0 unspecified atom stereocenters. The molecule has 25 heavy (non-hydrogen) atoms. The Hall–Kier alpha value is -1.99. The maximum Gasteiger partial charge on any atom is 0.340 e. The van der Waals surface area contributed by atoms with E-state index in [4.69, 9.17) is 0 Å². The van der Waals surface area contributed by atoms with Crippen LogP contribution in [0.3, 0.4) is 0 Å². The molecule has 0 radical (unpaired) electrons. The first-order chi connectivity index (χ1) is 11.2. The average molecular weight is 408 g/mol. The molecule has 0 saturated carbocycles. The van der Waals surface area contributed by atoms with E-state index >= 15 is 0 Å². The Balaban J connectivity index is 3.23. The summed E-state index contributed by atoms with van der Waals surface area (Å²) < 4.78 is 94.8. The van der Waals surface area contributed by atoms with E-state index in [9.17, 15) is 34.4 Å². The van der Waals surface area contributed by atoms with Gasteiger partial charge in [-0.25, -0.2) is 0 Å². The molecule has 136 valence electrons. The predicted octanol–water partition coefficient (Wildman–Crippen LogP) is 1.57. The van der Waals surface area contributed by atoms with E-state index in [1.807, 2.05) is 0 Å². The van der Waals surface area contributed by atoms with Crippen molar-refractivity contribution in [2.24, 2.45) is 0 Å². The number of rotatable bonds is 5. The topological polar surface area (TPSA) is 152 Å². The van der Waals surface area contributed by atoms with Crippen LogP contribution in [0.15, 0.2) is 57.4 Å². The number of fused-ring (bicyclic) bond motifs is 1. The monoisotopic (exact) mass is 408 g/mol. The Kier molecular flexibility index (Phi) is 4.69. The van der Waals surface area contributed by atoms with Gasteiger partial charge in [0.1, 0.15) is 20.4 Å². The van der Waals surface area contributed by atoms with Gasteiger partial charge in [-0.15, -0.1) is 0 Å². The summed E-state index contributed by atoms with van der Waals surface area (Å²) in [5.74, 6) is -0.331. The van der Waals surface area contributed by atoms with Crippen LogP contribution in [0.2, 0.25) is 0 Å². The first-order valence-electron chi connectivity index (χ1n) is 6.36. The van der Waals surface area contributed by atoms with Gasteiger partial charge >= 0.3 is 10.1 Å². The zero-order chi connectivity index (χ0) is 19.2. The molecule has 2 N–H and O–H groups in total. The van der Waals surface area contributed by atoms with Crippen molar-refractivity contribution < 1.29 is 38.5 Å². The molecule has 0 spiro atoms. The zero-order valence-corrected chi connectivity index (χ0v) is 15.0. The number of hydrogen-bond donors (Lipinski definition) is 2. The lowest BCUT2D eigenvalue weighted by Gasteiger charge is -2.15. The van der Waals surface area contributed by atoms with Crippen molar-refractivity contribution in [2.45, 2.75) is 21.6 Å². The van der Waals surface area contributed by atoms with E-state index in [1.54, 1.807) is 0 Å². The van der Waals surface area contributed by atoms with Crippen molar-refractivity contribution in [3.8, 4) is 0 Å². The fourth-order valence-electron chi connectivity index (χ4n) is 2.18. The second-order valence-corrected chi connectivity index (χ2v) is 9.18. The highest BCUT2D eigenvalue weighted by molar-refractivity contribution is 7.91. The molecule has 9 nitrogen and oxygen atoms in total. The molecule has 0 fully saturated rings. The lowest BCUT2D eigenvalue weighted by atomic mass is 10.1. The molecule has 0 aromatic heterocycles. The highest BCUT2D eigenvalue weighted by Crippen LogP contribution is 2.36. The van der Waals surface area contributed by atoms with E-state index in [2.05, 4.69) is 10.8 Å². The van der Waals surface area contributed by atoms with Crippen LogP contribution >= 0.6 is 0 Å². The smallest absolute Gasteiger partial charge is 0.340 e. The lowest BCUT2D eigenvalue weighted by molar-refractivity contribution is 0.406. The van der Waals surface area contributed by atoms with Crippen LogP contribution in [-0.4, -0.2) is 34.4 Å². The van der Waals surface area contributed by atoms with Crippen molar-refractivity contribution in [3.63, 3.8) is 0 Å². The first kappa shape index (κ1) is 19.3. The lowest BCUT2D eigenvalue weighted by Crippen LogP contribution is -2.16. The van der Waals surface area contributed by atoms with E-state index < -0.39 is 45.0 Å². The molecular weight excluding hydrogens is 396 g/mol. The number of benzene rings is 2. The van der Waals surface area contributed by atoms with Gasteiger partial charge in [-0.2, -0.15) is 25.3 Å². The molecule has 2 aromatic rings. The molecular formula is C13H12O9S3. The van der Waals surface area contributed by atoms with Crippen LogP contribution in [0.1, 0.15) is 6.92 Å². The molecule has 0 saturated heterocycles. The van der Waals surface area contributed by atoms with E-state index in [0.29, 0.717) is 0 Å². The predicted molar refractivity (Wildman–Crippen MR) is 86.7 cm³/mol. The van der Waals surface area contributed by atoms with Crippen molar-refractivity contribution in [3.05, 3.63) is 42.7 Å². The minimum Gasteiger partial charge on any atom is -0.384 e. The molecule has 12 heteroatoms. The maximum atomic E-state index is 12.5. The van der Waals surface area contributed by atoms with Crippen LogP contribution in [0, 0.1) is 0 Å². The van der Waals surface area contributed by atoms with Gasteiger partial charge in [0.25, 0.3) is 20.2 Å². The zero-order valence-electron chi connectivity index (χ0n) is 12.6. The van der Waals surface area contributed by atoms with Crippen LogP contribution in [0.5, 0.6) is 0 Å². The van der Waals surface area contributed by atoms with E-state index in [-0.39, 0.29) is 16.5 Å². The van der Waals surface area contributed by atoms with Gasteiger partial charge in [0.15, 0.2) is 0 Å². The van der Waals surface area contributed by atoms with Gasteiger partial charge in [-0.1, -0.05) is 30.8 Å². The van der Waals surface area contributed by atoms with Crippen LogP contribution in [0.25, 0.3) is 10.8 Å². The summed E-state index contributed by atoms with van der Waals surface area (Å²) in [5, 5.41) is -0.254. The summed E-state index contributed by atoms with van der Waals surface area (Å²) in [4.78, 5) is -3.92. The van der Waals surface area contributed by atoms with Gasteiger partial charge in [0, 0.05) is 5.39 Å². The van der Waals surface area contributed by atoms with Crippen LogP contribution in [-0.2, 0) is 34.5 Å². The molecule has 0 bridgehead atoms. The summed E-state index contributed by atoms with van der Waals surface area (Å²) in [6.07, 6.45) is 0. The molecule has 2 aromatic carbocycles. The van der Waals surface area contributed by atoms with Gasteiger partial charge in [-0.3, -0.25) is 9.11 Å². The minimum atomic E-state index is -5.39. The fraction of sp³-hybridized carbons (Fsp3) is 0.0769. The highest BCUT2D eigenvalue weighted by Gasteiger charge is 2.36. The summed E-state index contributed by atoms with van der Waals surface area (Å²) in [7, 11) is -15.5. The largest absolute Gasteiger partial charge is 0.384 e. The highest BCUT2D eigenvalue weighted by atomic mass is 32.2. The third-order valence-corrected chi connectivity index (χ3v) is 6.46. The van der Waals surface area contributed by atoms with Crippen molar-refractivity contribution >= 4 is 41.1 Å². The molecule has 0 amide bonds. The minimum absolute atomic E-state index is 0.0218. The van der Waals surface area contributed by atoms with Crippen LogP contribution in [0.4, 0.5) is 0 Å². The first-order valence-corrected chi connectivity index (χ1v) is 10.6. The Labute approximate surface area is 144 Å². The van der Waals surface area contributed by atoms with Gasteiger partial charge < -0.3 is 4.18 Å². The van der Waals surface area contributed by atoms with Crippen molar-refractivity contribution in [2.75, 3.05) is 0 Å². The molecule has 0 aliphatic heterocycles. The number of hydrogen-bond acceptors (Lipinski definition) is 7. The second kappa shape index (κ2) is 6.07. The molecule has 0 aliphatic rings. The third-order valence-electron chi connectivity index (χ3n) is 2.96. The molecule has 0 aliphatic carbocycles. The fourth-order valence-corrected chi connectivity index (χ4v) is 6.02. The average Bonchev–Trinajstić information content (AvgIpc) is 2.41. The SMILES string of the molecule is C=C(C)OS(=O)(=O)c1c(S(=O)(=O)O)c(S(=O)(=O)O)cc2ccccc12. The third kappa shape index (κ3) is 3.82. The summed E-state index contributed by atoms with van der Waals surface area (Å²) in [5.41, 5.74) is 0. The van der Waals surface area contributed by atoms with Crippen LogP contribution < -0.4 is 0 Å². The summed E-state index contributed by atoms with van der Waals surface area (Å²) in [6.45, 7) is 4.39. The summed E-state index contributed by atoms with van der Waals surface area (Å²) >= 11 is 0. The quantitative estimate of drug-likeness (QED) is 0.426. The maximum absolute atomic E-state index is 12.5. The van der Waals surface area contributed by atoms with Crippen molar-refractivity contribution in [1.29, 1.82) is 0 Å². The van der Waals surface area contributed by atoms with Crippen molar-refractivity contribution in [1.82, 2.24) is 0 Å². The second-order valence-electron chi connectivity index (χ2n) is 4.94. The Morgan fingerprint density at radius 1 is 0.960 bits per heavy atom. The van der Waals surface area contributed by atoms with Gasteiger partial charge in [0.05, 0.1) is 0 Å². The molecule has 0 heterocycles. The van der Waals surface area contributed by atoms with Gasteiger partial charge in [-0.05, 0) is 18.4 Å². The Morgan fingerprint density at radius 2 is 1.52 bits per heavy atom. The van der Waals surface area contributed by atoms with E-state index in [0.717, 1.165) is 6.07 Å². The standard InChI is InChI=1S/C13H12O9S3/c1-8(2)22-25(20,21)12-10-6-4-3-5-9(10)7-11(23(14,15)16)13(12)24(17,18)19/h3-7H,1H2,2H3,(H,14,15,16)(H,17,18,19). The Bertz CT molecular complexity index is 1190. The number of allylic oxidation sites excluding steroid dienone is 1. The van der Waals surface area contributed by atoms with Gasteiger partial charge in [0.2, 0.25) is 0 Å². The van der Waals surface area contributed by atoms with E-state index in [1.165, 1.54) is 31.2 Å². The Morgan fingerprint density at radius 3 is 2.00 bits per heavy atom.